The molecule has 4 nitrogen and oxygen atoms in total. The van der Waals surface area contributed by atoms with Crippen molar-refractivity contribution in [3.05, 3.63) is 35.4 Å². The Morgan fingerprint density at radius 3 is 2.70 bits per heavy atom. The third-order valence-corrected chi connectivity index (χ3v) is 4.27. The maximum absolute atomic E-state index is 12.3. The highest BCUT2D eigenvalue weighted by Gasteiger charge is 2.27. The van der Waals surface area contributed by atoms with Gasteiger partial charge in [0.15, 0.2) is 0 Å². The molecule has 1 N–H and O–H groups in total. The Morgan fingerprint density at radius 1 is 1.35 bits per heavy atom. The molecule has 1 unspecified atom stereocenters. The molecule has 1 atom stereocenters. The smallest absolute Gasteiger partial charge is 0.223 e. The highest BCUT2D eigenvalue weighted by Crippen LogP contribution is 2.26. The van der Waals surface area contributed by atoms with Crippen LogP contribution in [-0.4, -0.2) is 50.2 Å². The second-order valence-electron chi connectivity index (χ2n) is 5.87. The predicted octanol–water partition coefficient (Wildman–Crippen LogP) is 0.848. The van der Waals surface area contributed by atoms with Crippen molar-refractivity contribution in [2.45, 2.75) is 18.9 Å². The molecule has 20 heavy (non-hydrogen) atoms. The second-order valence-corrected chi connectivity index (χ2v) is 5.87. The zero-order valence-electron chi connectivity index (χ0n) is 12.0. The lowest BCUT2D eigenvalue weighted by Crippen LogP contribution is -2.46. The highest BCUT2D eigenvalue weighted by molar-refractivity contribution is 5.80. The zero-order chi connectivity index (χ0) is 13.9. The summed E-state index contributed by atoms with van der Waals surface area (Å²) >= 11 is 0. The number of hydrogen-bond donors (Lipinski definition) is 1. The summed E-state index contributed by atoms with van der Waals surface area (Å²) in [6.07, 6.45) is 1.86. The standard InChI is InChI=1S/C16H22N2O2/c1-18-6-7-20-15(11-18)10-17-16(19)14-8-12-4-2-3-5-13(12)9-14/h2-5,14-15H,6-11H2,1H3,(H,17,19). The van der Waals surface area contributed by atoms with Crippen LogP contribution in [0.15, 0.2) is 24.3 Å². The third-order valence-electron chi connectivity index (χ3n) is 4.27. The van der Waals surface area contributed by atoms with Crippen molar-refractivity contribution in [3.8, 4) is 0 Å². The Balaban J connectivity index is 1.49. The van der Waals surface area contributed by atoms with Gasteiger partial charge in [-0.3, -0.25) is 4.79 Å². The van der Waals surface area contributed by atoms with Gasteiger partial charge in [0.05, 0.1) is 12.7 Å². The summed E-state index contributed by atoms with van der Waals surface area (Å²) in [5.74, 6) is 0.256. The first-order valence-corrected chi connectivity index (χ1v) is 7.37. The molecular formula is C16H22N2O2. The van der Waals surface area contributed by atoms with Gasteiger partial charge >= 0.3 is 0 Å². The molecule has 0 saturated carbocycles. The van der Waals surface area contributed by atoms with Crippen molar-refractivity contribution in [2.24, 2.45) is 5.92 Å². The Hall–Kier alpha value is -1.39. The first-order chi connectivity index (χ1) is 9.72. The summed E-state index contributed by atoms with van der Waals surface area (Å²) in [5.41, 5.74) is 2.64. The Labute approximate surface area is 120 Å². The minimum atomic E-state index is 0.0914. The molecule has 0 radical (unpaired) electrons. The van der Waals surface area contributed by atoms with E-state index in [-0.39, 0.29) is 17.9 Å². The highest BCUT2D eigenvalue weighted by atomic mass is 16.5. The van der Waals surface area contributed by atoms with E-state index in [1.54, 1.807) is 0 Å². The van der Waals surface area contributed by atoms with Crippen LogP contribution in [0.1, 0.15) is 11.1 Å². The number of nitrogens with zero attached hydrogens (tertiary/aromatic N) is 1. The lowest BCUT2D eigenvalue weighted by Gasteiger charge is -2.30. The maximum atomic E-state index is 12.3. The van der Waals surface area contributed by atoms with Crippen LogP contribution in [0.4, 0.5) is 0 Å². The van der Waals surface area contributed by atoms with Gasteiger partial charge in [-0.2, -0.15) is 0 Å². The Bertz CT molecular complexity index is 464. The van der Waals surface area contributed by atoms with Crippen LogP contribution < -0.4 is 5.32 Å². The van der Waals surface area contributed by atoms with Crippen molar-refractivity contribution in [1.82, 2.24) is 10.2 Å². The van der Waals surface area contributed by atoms with Gasteiger partial charge in [-0.05, 0) is 31.0 Å². The van der Waals surface area contributed by atoms with E-state index < -0.39 is 0 Å². The SMILES string of the molecule is CN1CCOC(CNC(=O)C2Cc3ccccc3C2)C1. The molecule has 1 saturated heterocycles. The van der Waals surface area contributed by atoms with E-state index in [1.807, 2.05) is 12.1 Å². The number of morpholine rings is 1. The number of benzene rings is 1. The van der Waals surface area contributed by atoms with Crippen LogP contribution in [0.25, 0.3) is 0 Å². The van der Waals surface area contributed by atoms with Gasteiger partial charge in [-0.25, -0.2) is 0 Å². The minimum Gasteiger partial charge on any atom is -0.374 e. The predicted molar refractivity (Wildman–Crippen MR) is 77.6 cm³/mol. The van der Waals surface area contributed by atoms with Crippen LogP contribution in [0, 0.1) is 5.92 Å². The molecule has 3 rings (SSSR count). The van der Waals surface area contributed by atoms with Crippen LogP contribution >= 0.6 is 0 Å². The summed E-state index contributed by atoms with van der Waals surface area (Å²) in [7, 11) is 2.09. The summed E-state index contributed by atoms with van der Waals surface area (Å²) in [5, 5.41) is 3.06. The Kier molecular flexibility index (Phi) is 4.03. The van der Waals surface area contributed by atoms with Gasteiger partial charge in [0.1, 0.15) is 0 Å². The molecule has 0 aromatic heterocycles. The number of carbonyl (C=O) groups is 1. The normalized spacial score (nSPS) is 23.6. The molecule has 1 fully saturated rings. The van der Waals surface area contributed by atoms with Crippen LogP contribution in [0.5, 0.6) is 0 Å². The summed E-state index contributed by atoms with van der Waals surface area (Å²) in [6, 6.07) is 8.35. The average molecular weight is 274 g/mol. The molecule has 0 bridgehead atoms. The van der Waals surface area contributed by atoms with Crippen molar-refractivity contribution >= 4 is 5.91 Å². The first kappa shape index (κ1) is 13.6. The van der Waals surface area contributed by atoms with E-state index in [9.17, 15) is 4.79 Å². The molecule has 108 valence electrons. The van der Waals surface area contributed by atoms with E-state index >= 15 is 0 Å². The molecule has 1 amide bonds. The Morgan fingerprint density at radius 2 is 2.05 bits per heavy atom. The molecular weight excluding hydrogens is 252 g/mol. The third kappa shape index (κ3) is 3.02. The number of hydrogen-bond acceptors (Lipinski definition) is 3. The quantitative estimate of drug-likeness (QED) is 0.888. The molecule has 1 aromatic rings. The molecule has 4 heteroatoms. The fraction of sp³-hybridized carbons (Fsp3) is 0.562. The van der Waals surface area contributed by atoms with E-state index in [1.165, 1.54) is 11.1 Å². The van der Waals surface area contributed by atoms with Gasteiger partial charge in [0.25, 0.3) is 0 Å². The summed E-state index contributed by atoms with van der Waals surface area (Å²) in [4.78, 5) is 14.5. The van der Waals surface area contributed by atoms with E-state index in [2.05, 4.69) is 29.4 Å². The second kappa shape index (κ2) is 5.94. The number of carbonyl (C=O) groups excluding carboxylic acids is 1. The largest absolute Gasteiger partial charge is 0.374 e. The lowest BCUT2D eigenvalue weighted by molar-refractivity contribution is -0.125. The van der Waals surface area contributed by atoms with Crippen molar-refractivity contribution in [2.75, 3.05) is 33.3 Å². The minimum absolute atomic E-state index is 0.0914. The summed E-state index contributed by atoms with van der Waals surface area (Å²) in [6.45, 7) is 3.25. The van der Waals surface area contributed by atoms with Crippen molar-refractivity contribution in [3.63, 3.8) is 0 Å². The van der Waals surface area contributed by atoms with Crippen molar-refractivity contribution in [1.29, 1.82) is 0 Å². The zero-order valence-corrected chi connectivity index (χ0v) is 12.0. The van der Waals surface area contributed by atoms with E-state index in [0.29, 0.717) is 6.54 Å². The van der Waals surface area contributed by atoms with Gasteiger partial charge in [0, 0.05) is 25.6 Å². The fourth-order valence-electron chi connectivity index (χ4n) is 3.09. The van der Waals surface area contributed by atoms with Crippen LogP contribution in [0.3, 0.4) is 0 Å². The number of amides is 1. The van der Waals surface area contributed by atoms with Crippen molar-refractivity contribution < 1.29 is 9.53 Å². The lowest BCUT2D eigenvalue weighted by atomic mass is 10.1. The van der Waals surface area contributed by atoms with Gasteiger partial charge < -0.3 is 15.0 Å². The van der Waals surface area contributed by atoms with E-state index in [0.717, 1.165) is 32.5 Å². The van der Waals surface area contributed by atoms with Crippen LogP contribution in [-0.2, 0) is 22.4 Å². The van der Waals surface area contributed by atoms with E-state index in [4.69, 9.17) is 4.74 Å². The fourth-order valence-corrected chi connectivity index (χ4v) is 3.09. The number of fused-ring (bicyclic) bond motifs is 1. The summed E-state index contributed by atoms with van der Waals surface area (Å²) < 4.78 is 5.67. The maximum Gasteiger partial charge on any atom is 0.223 e. The first-order valence-electron chi connectivity index (χ1n) is 7.37. The number of ether oxygens (including phenoxy) is 1. The van der Waals surface area contributed by atoms with Gasteiger partial charge in [-0.15, -0.1) is 0 Å². The molecule has 1 heterocycles. The van der Waals surface area contributed by atoms with Gasteiger partial charge in [0.2, 0.25) is 5.91 Å². The van der Waals surface area contributed by atoms with Crippen LogP contribution in [0.2, 0.25) is 0 Å². The average Bonchev–Trinajstić information content (AvgIpc) is 2.89. The van der Waals surface area contributed by atoms with Gasteiger partial charge in [-0.1, -0.05) is 24.3 Å². The molecule has 2 aliphatic rings. The molecule has 1 aromatic carbocycles. The number of nitrogens with one attached hydrogen (secondary N) is 1. The molecule has 1 aliphatic carbocycles. The number of rotatable bonds is 3. The topological polar surface area (TPSA) is 41.6 Å². The molecule has 0 spiro atoms. The molecule has 1 aliphatic heterocycles. The number of likely N-dealkylation sites (N-methyl/N-ethyl adjacent to an activating group) is 1. The monoisotopic (exact) mass is 274 g/mol.